The number of nitrogens with zero attached hydrogens (tertiary/aromatic N) is 2. The molecule has 0 fully saturated rings. The zero-order chi connectivity index (χ0) is 15.3. The molecule has 0 atom stereocenters. The van der Waals surface area contributed by atoms with E-state index in [0.29, 0.717) is 6.54 Å². The molecular weight excluding hydrogens is 316 g/mol. The first-order valence-electron chi connectivity index (χ1n) is 7.00. The zero-order valence-corrected chi connectivity index (χ0v) is 13.8. The minimum Gasteiger partial charge on any atom is -0.358 e. The summed E-state index contributed by atoms with van der Waals surface area (Å²) >= 11 is 7.76. The molecule has 22 heavy (non-hydrogen) atoms. The van der Waals surface area contributed by atoms with Crippen molar-refractivity contribution in [3.05, 3.63) is 62.1 Å². The van der Waals surface area contributed by atoms with Crippen molar-refractivity contribution < 1.29 is 4.52 Å². The molecule has 0 aliphatic carbocycles. The third-order valence-electron chi connectivity index (χ3n) is 3.77. The Morgan fingerprint density at radius 1 is 1.18 bits per heavy atom. The lowest BCUT2D eigenvalue weighted by Crippen LogP contribution is -2.01. The SMILES string of the molecule is Cc1cc2c(s1)C(c1ccc(Cl)cc1)=NCc1onc(C)c1-2. The molecule has 2 aromatic heterocycles. The van der Waals surface area contributed by atoms with E-state index in [9.17, 15) is 0 Å². The van der Waals surface area contributed by atoms with Gasteiger partial charge in [0.05, 0.1) is 21.8 Å². The summed E-state index contributed by atoms with van der Waals surface area (Å²) < 4.78 is 5.46. The molecule has 110 valence electrons. The fourth-order valence-electron chi connectivity index (χ4n) is 2.80. The highest BCUT2D eigenvalue weighted by atomic mass is 35.5. The van der Waals surface area contributed by atoms with Crippen LogP contribution >= 0.6 is 22.9 Å². The van der Waals surface area contributed by atoms with Crippen molar-refractivity contribution in [2.75, 3.05) is 0 Å². The fourth-order valence-corrected chi connectivity index (χ4v) is 3.97. The summed E-state index contributed by atoms with van der Waals surface area (Å²) in [5.41, 5.74) is 5.25. The van der Waals surface area contributed by atoms with Crippen LogP contribution in [0.4, 0.5) is 0 Å². The van der Waals surface area contributed by atoms with Crippen LogP contribution in [0.3, 0.4) is 0 Å². The number of aliphatic imine (C=N–C) groups is 1. The Balaban J connectivity index is 1.95. The van der Waals surface area contributed by atoms with Crippen LogP contribution in [-0.2, 0) is 6.54 Å². The van der Waals surface area contributed by atoms with Crippen molar-refractivity contribution in [3.63, 3.8) is 0 Å². The number of hydrogen-bond acceptors (Lipinski definition) is 4. The largest absolute Gasteiger partial charge is 0.358 e. The summed E-state index contributed by atoms with van der Waals surface area (Å²) in [7, 11) is 0. The molecule has 0 radical (unpaired) electrons. The Hall–Kier alpha value is -1.91. The normalized spacial score (nSPS) is 13.3. The van der Waals surface area contributed by atoms with E-state index in [0.717, 1.165) is 33.3 Å². The molecule has 4 rings (SSSR count). The summed E-state index contributed by atoms with van der Waals surface area (Å²) in [6.45, 7) is 4.60. The third kappa shape index (κ3) is 2.11. The number of benzene rings is 1. The Morgan fingerprint density at radius 3 is 2.73 bits per heavy atom. The van der Waals surface area contributed by atoms with Crippen molar-refractivity contribution in [2.24, 2.45) is 4.99 Å². The molecule has 0 N–H and O–H groups in total. The second kappa shape index (κ2) is 5.07. The van der Waals surface area contributed by atoms with E-state index >= 15 is 0 Å². The number of halogens is 1. The van der Waals surface area contributed by atoms with Crippen LogP contribution in [0, 0.1) is 13.8 Å². The molecule has 0 bridgehead atoms. The third-order valence-corrected chi connectivity index (χ3v) is 5.08. The summed E-state index contributed by atoms with van der Waals surface area (Å²) in [5, 5.41) is 4.83. The molecule has 0 spiro atoms. The first kappa shape index (κ1) is 13.7. The van der Waals surface area contributed by atoms with E-state index in [1.54, 1.807) is 11.3 Å². The molecule has 0 amide bonds. The van der Waals surface area contributed by atoms with Gasteiger partial charge in [0.15, 0.2) is 5.76 Å². The van der Waals surface area contributed by atoms with Crippen molar-refractivity contribution in [1.82, 2.24) is 5.16 Å². The Labute approximate surface area is 137 Å². The molecule has 0 saturated carbocycles. The maximum absolute atomic E-state index is 6.00. The quantitative estimate of drug-likeness (QED) is 0.628. The highest BCUT2D eigenvalue weighted by Crippen LogP contribution is 2.39. The molecule has 1 aliphatic rings. The van der Waals surface area contributed by atoms with E-state index in [4.69, 9.17) is 21.1 Å². The van der Waals surface area contributed by atoms with Gasteiger partial charge in [-0.15, -0.1) is 11.3 Å². The Morgan fingerprint density at radius 2 is 1.95 bits per heavy atom. The smallest absolute Gasteiger partial charge is 0.166 e. The van der Waals surface area contributed by atoms with E-state index in [-0.39, 0.29) is 0 Å². The highest BCUT2D eigenvalue weighted by molar-refractivity contribution is 7.14. The standard InChI is InChI=1S/C17H13ClN2OS/c1-9-7-13-15-10(2)20-21-14(15)8-19-16(17(13)22-9)11-3-5-12(18)6-4-11/h3-7H,8H2,1-2H3. The first-order valence-corrected chi connectivity index (χ1v) is 8.19. The summed E-state index contributed by atoms with van der Waals surface area (Å²) in [6.07, 6.45) is 0. The van der Waals surface area contributed by atoms with Crippen LogP contribution in [0.1, 0.15) is 26.8 Å². The van der Waals surface area contributed by atoms with Gasteiger partial charge in [0.25, 0.3) is 0 Å². The molecule has 5 heteroatoms. The van der Waals surface area contributed by atoms with Gasteiger partial charge in [-0.05, 0) is 32.0 Å². The van der Waals surface area contributed by atoms with E-state index in [1.807, 2.05) is 31.2 Å². The number of fused-ring (bicyclic) bond motifs is 3. The molecule has 3 aromatic rings. The Kier molecular flexibility index (Phi) is 3.17. The number of hydrogen-bond donors (Lipinski definition) is 0. The number of aromatic nitrogens is 1. The highest BCUT2D eigenvalue weighted by Gasteiger charge is 2.25. The lowest BCUT2D eigenvalue weighted by molar-refractivity contribution is 0.382. The lowest BCUT2D eigenvalue weighted by atomic mass is 10.0. The molecule has 3 nitrogen and oxygen atoms in total. The van der Waals surface area contributed by atoms with Crippen LogP contribution in [0.25, 0.3) is 11.1 Å². The topological polar surface area (TPSA) is 38.4 Å². The van der Waals surface area contributed by atoms with Crippen molar-refractivity contribution in [1.29, 1.82) is 0 Å². The van der Waals surface area contributed by atoms with Crippen LogP contribution in [0.5, 0.6) is 0 Å². The average molecular weight is 329 g/mol. The van der Waals surface area contributed by atoms with Gasteiger partial charge in [0.1, 0.15) is 6.54 Å². The predicted molar refractivity (Wildman–Crippen MR) is 90.1 cm³/mol. The maximum Gasteiger partial charge on any atom is 0.166 e. The van der Waals surface area contributed by atoms with Gasteiger partial charge in [-0.2, -0.15) is 0 Å². The first-order chi connectivity index (χ1) is 10.6. The monoisotopic (exact) mass is 328 g/mol. The van der Waals surface area contributed by atoms with Crippen molar-refractivity contribution in [3.8, 4) is 11.1 Å². The second-order valence-electron chi connectivity index (χ2n) is 5.34. The second-order valence-corrected chi connectivity index (χ2v) is 7.03. The van der Waals surface area contributed by atoms with Gasteiger partial charge in [-0.3, -0.25) is 4.99 Å². The van der Waals surface area contributed by atoms with Gasteiger partial charge in [0.2, 0.25) is 0 Å². The van der Waals surface area contributed by atoms with E-state index < -0.39 is 0 Å². The number of aryl methyl sites for hydroxylation is 2. The van der Waals surface area contributed by atoms with Gasteiger partial charge < -0.3 is 4.52 Å². The molecule has 0 saturated heterocycles. The zero-order valence-electron chi connectivity index (χ0n) is 12.2. The van der Waals surface area contributed by atoms with Crippen LogP contribution < -0.4 is 0 Å². The van der Waals surface area contributed by atoms with Gasteiger partial charge in [-0.1, -0.05) is 28.9 Å². The molecule has 0 unspecified atom stereocenters. The van der Waals surface area contributed by atoms with E-state index in [1.165, 1.54) is 15.3 Å². The maximum atomic E-state index is 6.00. The van der Waals surface area contributed by atoms with Crippen LogP contribution in [0.2, 0.25) is 5.02 Å². The van der Waals surface area contributed by atoms with Crippen LogP contribution in [-0.4, -0.2) is 10.9 Å². The van der Waals surface area contributed by atoms with Gasteiger partial charge >= 0.3 is 0 Å². The van der Waals surface area contributed by atoms with E-state index in [2.05, 4.69) is 18.1 Å². The summed E-state index contributed by atoms with van der Waals surface area (Å²) in [4.78, 5) is 7.20. The lowest BCUT2D eigenvalue weighted by Gasteiger charge is -2.05. The number of rotatable bonds is 1. The molecule has 3 heterocycles. The van der Waals surface area contributed by atoms with Crippen molar-refractivity contribution >= 4 is 28.6 Å². The van der Waals surface area contributed by atoms with Crippen molar-refractivity contribution in [2.45, 2.75) is 20.4 Å². The Bertz CT molecular complexity index is 890. The van der Waals surface area contributed by atoms with Gasteiger partial charge in [-0.25, -0.2) is 0 Å². The number of thiophene rings is 1. The minimum atomic E-state index is 0.509. The predicted octanol–water partition coefficient (Wildman–Crippen LogP) is 5.02. The van der Waals surface area contributed by atoms with Gasteiger partial charge in [0, 0.05) is 21.0 Å². The fraction of sp³-hybridized carbons (Fsp3) is 0.176. The molecule has 1 aromatic carbocycles. The van der Waals surface area contributed by atoms with Crippen LogP contribution in [0.15, 0.2) is 39.8 Å². The molecule has 1 aliphatic heterocycles. The minimum absolute atomic E-state index is 0.509. The summed E-state index contributed by atoms with van der Waals surface area (Å²) in [5.74, 6) is 0.834. The molecular formula is C17H13ClN2OS. The average Bonchev–Trinajstić information content (AvgIpc) is 3.00. The summed E-state index contributed by atoms with van der Waals surface area (Å²) in [6, 6.07) is 10.0.